The molecule has 3 aliphatic rings. The smallest absolute Gasteiger partial charge is 0.338 e. The van der Waals surface area contributed by atoms with Crippen molar-refractivity contribution in [2.24, 2.45) is 22.2 Å². The predicted octanol–water partition coefficient (Wildman–Crippen LogP) is 7.04. The van der Waals surface area contributed by atoms with E-state index in [1.807, 2.05) is 20.8 Å². The monoisotopic (exact) mass is 677 g/mol. The van der Waals surface area contributed by atoms with Crippen LogP contribution in [0.2, 0.25) is 0 Å². The van der Waals surface area contributed by atoms with E-state index in [-0.39, 0.29) is 40.8 Å². The molecule has 1 aromatic carbocycles. The first-order chi connectivity index (χ1) is 22.5. The van der Waals surface area contributed by atoms with Gasteiger partial charge in [0.25, 0.3) is 5.69 Å². The number of aliphatic carboxylic acids is 1. The number of carbonyl (C=O) groups is 4. The van der Waals surface area contributed by atoms with Crippen LogP contribution < -0.4 is 0 Å². The summed E-state index contributed by atoms with van der Waals surface area (Å²) < 4.78 is 15.6. The molecule has 0 saturated heterocycles. The summed E-state index contributed by atoms with van der Waals surface area (Å²) in [5.74, 6) is -0.659. The summed E-state index contributed by atoms with van der Waals surface area (Å²) in [5, 5.41) is 28.5. The maximum absolute atomic E-state index is 12.1. The normalized spacial score (nSPS) is 29.8. The lowest BCUT2D eigenvalue weighted by Crippen LogP contribution is -2.37. The van der Waals surface area contributed by atoms with Crippen molar-refractivity contribution >= 4 is 29.6 Å². The van der Waals surface area contributed by atoms with Crippen molar-refractivity contribution in [3.8, 4) is 0 Å². The van der Waals surface area contributed by atoms with Gasteiger partial charge in [-0.25, -0.2) is 4.79 Å². The zero-order chi connectivity index (χ0) is 36.1. The molecule has 0 atom stereocenters. The van der Waals surface area contributed by atoms with Crippen LogP contribution in [-0.4, -0.2) is 64.4 Å². The predicted molar refractivity (Wildman–Crippen MR) is 178 cm³/mol. The molecule has 3 saturated carbocycles. The molecule has 12 heteroatoms. The van der Waals surface area contributed by atoms with E-state index in [0.29, 0.717) is 64.6 Å². The Morgan fingerprint density at radius 1 is 0.771 bits per heavy atom. The number of non-ortho nitro benzene ring substituents is 1. The molecule has 270 valence electrons. The number of rotatable bonds is 8. The molecule has 2 N–H and O–H groups in total. The SMILES string of the molecule is CC1(C(=O)O)CCC(O)CC1.CCOC(=O)C1(C)CCC(C)CC1.CCOC(=O)C1(C)CCC(OC(=O)c2ccc([N+](=O)[O-])cc2)CC1. The van der Waals surface area contributed by atoms with E-state index in [9.17, 15) is 29.3 Å². The van der Waals surface area contributed by atoms with Crippen molar-refractivity contribution in [1.82, 2.24) is 0 Å². The first-order valence-electron chi connectivity index (χ1n) is 17.2. The molecule has 0 amide bonds. The summed E-state index contributed by atoms with van der Waals surface area (Å²) in [7, 11) is 0. The molecule has 0 unspecified atom stereocenters. The van der Waals surface area contributed by atoms with Gasteiger partial charge in [0.1, 0.15) is 6.10 Å². The molecule has 0 aromatic heterocycles. The number of hydrogen-bond donors (Lipinski definition) is 2. The first kappa shape index (κ1) is 40.6. The number of carboxylic acid groups (broad SMARTS) is 1. The van der Waals surface area contributed by atoms with E-state index in [2.05, 4.69) is 6.92 Å². The van der Waals surface area contributed by atoms with Gasteiger partial charge in [-0.2, -0.15) is 0 Å². The summed E-state index contributed by atoms with van der Waals surface area (Å²) in [6.45, 7) is 12.4. The highest BCUT2D eigenvalue weighted by molar-refractivity contribution is 5.89. The number of nitrogens with zero attached hydrogens (tertiary/aromatic N) is 1. The molecule has 48 heavy (non-hydrogen) atoms. The second kappa shape index (κ2) is 18.3. The second-order valence-corrected chi connectivity index (χ2v) is 14.3. The number of aliphatic hydroxyl groups excluding tert-OH is 1. The largest absolute Gasteiger partial charge is 0.481 e. The van der Waals surface area contributed by atoms with Gasteiger partial charge in [-0.3, -0.25) is 24.5 Å². The highest BCUT2D eigenvalue weighted by atomic mass is 16.6. The zero-order valence-electron chi connectivity index (χ0n) is 29.5. The second-order valence-electron chi connectivity index (χ2n) is 14.3. The fraction of sp³-hybridized carbons (Fsp3) is 0.722. The Balaban J connectivity index is 0.000000279. The van der Waals surface area contributed by atoms with Crippen molar-refractivity contribution < 1.29 is 48.5 Å². The van der Waals surface area contributed by atoms with Gasteiger partial charge >= 0.3 is 23.9 Å². The molecular weight excluding hydrogens is 622 g/mol. The van der Waals surface area contributed by atoms with Gasteiger partial charge in [0.2, 0.25) is 0 Å². The van der Waals surface area contributed by atoms with Crippen molar-refractivity contribution in [3.63, 3.8) is 0 Å². The summed E-state index contributed by atoms with van der Waals surface area (Å²) >= 11 is 0. The summed E-state index contributed by atoms with van der Waals surface area (Å²) in [5.41, 5.74) is -1.10. The van der Waals surface area contributed by atoms with Crippen LogP contribution in [0.1, 0.15) is 129 Å². The molecule has 12 nitrogen and oxygen atoms in total. The maximum atomic E-state index is 12.1. The Kier molecular flexibility index (Phi) is 15.5. The molecule has 0 spiro atoms. The lowest BCUT2D eigenvalue weighted by atomic mass is 9.72. The Bertz CT molecular complexity index is 1220. The van der Waals surface area contributed by atoms with Crippen molar-refractivity contribution in [2.75, 3.05) is 13.2 Å². The molecular formula is C36H55NO11. The average Bonchev–Trinajstić information content (AvgIpc) is 3.06. The van der Waals surface area contributed by atoms with Gasteiger partial charge < -0.3 is 24.4 Å². The molecule has 4 rings (SSSR count). The molecule has 1 aromatic rings. The number of hydrogen-bond acceptors (Lipinski definition) is 10. The van der Waals surface area contributed by atoms with Crippen LogP contribution in [0.3, 0.4) is 0 Å². The van der Waals surface area contributed by atoms with Crippen LogP contribution >= 0.6 is 0 Å². The Morgan fingerprint density at radius 2 is 1.19 bits per heavy atom. The van der Waals surface area contributed by atoms with Gasteiger partial charge in [0.05, 0.1) is 46.0 Å². The summed E-state index contributed by atoms with van der Waals surface area (Å²) in [6.07, 6.45) is 8.62. The number of ether oxygens (including phenoxy) is 3. The molecule has 0 heterocycles. The average molecular weight is 678 g/mol. The Labute approximate surface area is 284 Å². The maximum Gasteiger partial charge on any atom is 0.338 e. The number of carbonyl (C=O) groups excluding carboxylic acids is 3. The summed E-state index contributed by atoms with van der Waals surface area (Å²) in [6, 6.07) is 5.31. The Morgan fingerprint density at radius 3 is 1.58 bits per heavy atom. The van der Waals surface area contributed by atoms with Crippen LogP contribution in [-0.2, 0) is 28.6 Å². The number of carboxylic acids is 1. The van der Waals surface area contributed by atoms with E-state index in [0.717, 1.165) is 31.6 Å². The highest BCUT2D eigenvalue weighted by Gasteiger charge is 2.40. The third-order valence-corrected chi connectivity index (χ3v) is 10.1. The van der Waals surface area contributed by atoms with Crippen LogP contribution in [0.4, 0.5) is 5.69 Å². The summed E-state index contributed by atoms with van der Waals surface area (Å²) in [4.78, 5) is 56.5. The minimum absolute atomic E-state index is 0.00176. The van der Waals surface area contributed by atoms with Crippen LogP contribution in [0.25, 0.3) is 0 Å². The van der Waals surface area contributed by atoms with Gasteiger partial charge in [-0.1, -0.05) is 6.92 Å². The molecule has 0 radical (unpaired) electrons. The van der Waals surface area contributed by atoms with E-state index in [4.69, 9.17) is 24.4 Å². The molecule has 3 fully saturated rings. The van der Waals surface area contributed by atoms with Crippen molar-refractivity contribution in [2.45, 2.75) is 131 Å². The number of esters is 3. The minimum Gasteiger partial charge on any atom is -0.481 e. The zero-order valence-corrected chi connectivity index (χ0v) is 29.5. The third kappa shape index (κ3) is 11.9. The van der Waals surface area contributed by atoms with Gasteiger partial charge in [0, 0.05) is 12.1 Å². The highest BCUT2D eigenvalue weighted by Crippen LogP contribution is 2.40. The standard InChI is InChI=1S/C17H21NO6.C11H20O2.C8H14O3/c1-3-23-16(20)17(2)10-8-14(9-11-17)24-15(19)12-4-6-13(7-5-12)18(21)22;1-4-13-10(12)11(3)7-5-9(2)6-8-11;1-8(7(10)11)4-2-6(9)3-5-8/h4-7,14H,3,8-11H2,1-2H3;9H,4-8H2,1-3H3;6,9H,2-5H2,1H3,(H,10,11). The molecule has 0 aliphatic heterocycles. The van der Waals surface area contributed by atoms with E-state index in [1.165, 1.54) is 24.3 Å². The topological polar surface area (TPSA) is 180 Å². The molecule has 0 bridgehead atoms. The van der Waals surface area contributed by atoms with Crippen LogP contribution in [0.15, 0.2) is 24.3 Å². The van der Waals surface area contributed by atoms with Crippen LogP contribution in [0.5, 0.6) is 0 Å². The van der Waals surface area contributed by atoms with Gasteiger partial charge in [0.15, 0.2) is 0 Å². The first-order valence-corrected chi connectivity index (χ1v) is 17.2. The minimum atomic E-state index is -0.732. The van der Waals surface area contributed by atoms with Gasteiger partial charge in [-0.15, -0.1) is 0 Å². The quantitative estimate of drug-likeness (QED) is 0.125. The molecule has 3 aliphatic carbocycles. The van der Waals surface area contributed by atoms with Crippen LogP contribution in [0, 0.1) is 32.3 Å². The van der Waals surface area contributed by atoms with Gasteiger partial charge in [-0.05, 0) is 130 Å². The number of nitro benzene ring substituents is 1. The third-order valence-electron chi connectivity index (χ3n) is 10.1. The Hall–Kier alpha value is -3.54. The van der Waals surface area contributed by atoms with Crippen molar-refractivity contribution in [1.29, 1.82) is 0 Å². The van der Waals surface area contributed by atoms with E-state index >= 15 is 0 Å². The lowest BCUT2D eigenvalue weighted by molar-refractivity contribution is -0.384. The van der Waals surface area contributed by atoms with E-state index in [1.54, 1.807) is 13.8 Å². The van der Waals surface area contributed by atoms with E-state index < -0.39 is 27.7 Å². The fourth-order valence-corrected chi connectivity index (χ4v) is 6.16. The van der Waals surface area contributed by atoms with Crippen molar-refractivity contribution in [3.05, 3.63) is 39.9 Å². The number of aliphatic hydroxyl groups is 1. The lowest BCUT2D eigenvalue weighted by Gasteiger charge is -2.34. The number of benzene rings is 1. The number of nitro groups is 1. The fourth-order valence-electron chi connectivity index (χ4n) is 6.16.